The van der Waals surface area contributed by atoms with Crippen LogP contribution in [0.15, 0.2) is 24.3 Å². The molecule has 1 aromatic carbocycles. The van der Waals surface area contributed by atoms with Crippen LogP contribution < -0.4 is 4.90 Å². The average molecular weight is 255 g/mol. The van der Waals surface area contributed by atoms with Gasteiger partial charge in [0, 0.05) is 18.6 Å². The summed E-state index contributed by atoms with van der Waals surface area (Å²) in [5, 5.41) is 9.21. The van der Waals surface area contributed by atoms with E-state index in [1.807, 2.05) is 25.1 Å². The second-order valence-electron chi connectivity index (χ2n) is 6.19. The van der Waals surface area contributed by atoms with Gasteiger partial charge in [-0.05, 0) is 32.9 Å². The minimum Gasteiger partial charge on any atom is -0.308 e. The van der Waals surface area contributed by atoms with Gasteiger partial charge in [0.25, 0.3) is 0 Å². The highest BCUT2D eigenvalue weighted by atomic mass is 16.2. The number of benzene rings is 1. The summed E-state index contributed by atoms with van der Waals surface area (Å²) in [5.74, 6) is 0.106. The lowest BCUT2D eigenvalue weighted by atomic mass is 9.96. The van der Waals surface area contributed by atoms with Crippen molar-refractivity contribution < 1.29 is 4.79 Å². The summed E-state index contributed by atoms with van der Waals surface area (Å²) in [6.45, 7) is 7.71. The number of fused-ring (bicyclic) bond motifs is 1. The first-order valence-electron chi connectivity index (χ1n) is 6.49. The minimum absolute atomic E-state index is 0.0504. The van der Waals surface area contributed by atoms with Gasteiger partial charge in [0.05, 0.1) is 11.3 Å². The average Bonchev–Trinajstić information content (AvgIpc) is 3.10. The number of anilines is 1. The highest BCUT2D eigenvalue weighted by Crippen LogP contribution is 2.46. The van der Waals surface area contributed by atoms with Crippen LogP contribution in [0.1, 0.15) is 26.3 Å². The molecule has 2 heterocycles. The molecule has 19 heavy (non-hydrogen) atoms. The van der Waals surface area contributed by atoms with E-state index < -0.39 is 0 Å². The van der Waals surface area contributed by atoms with Crippen molar-refractivity contribution in [1.82, 2.24) is 4.90 Å². The molecule has 2 fully saturated rings. The van der Waals surface area contributed by atoms with E-state index in [-0.39, 0.29) is 17.0 Å². The van der Waals surface area contributed by atoms with Crippen molar-refractivity contribution in [3.63, 3.8) is 0 Å². The van der Waals surface area contributed by atoms with Crippen LogP contribution >= 0.6 is 0 Å². The van der Waals surface area contributed by atoms with Crippen LogP contribution in [0.4, 0.5) is 5.69 Å². The highest BCUT2D eigenvalue weighted by molar-refractivity contribution is 6.04. The molecule has 1 unspecified atom stereocenters. The molecular weight excluding hydrogens is 238 g/mol. The number of piperazine rings is 1. The molecule has 0 bridgehead atoms. The van der Waals surface area contributed by atoms with Crippen LogP contribution in [0, 0.1) is 11.3 Å². The van der Waals surface area contributed by atoms with Gasteiger partial charge in [0.15, 0.2) is 0 Å². The maximum absolute atomic E-state index is 12.6. The molecule has 1 amide bonds. The number of para-hydroxylation sites is 1. The first kappa shape index (κ1) is 12.2. The molecular formula is C15H17N3O. The van der Waals surface area contributed by atoms with Crippen molar-refractivity contribution in [2.75, 3.05) is 18.0 Å². The molecule has 4 nitrogen and oxygen atoms in total. The minimum atomic E-state index is -0.385. The molecule has 0 aromatic heterocycles. The number of rotatable bonds is 1. The molecule has 98 valence electrons. The molecule has 2 atom stereocenters. The summed E-state index contributed by atoms with van der Waals surface area (Å²) in [6, 6.07) is 9.49. The summed E-state index contributed by atoms with van der Waals surface area (Å²) in [7, 11) is 0. The summed E-state index contributed by atoms with van der Waals surface area (Å²) < 4.78 is 0. The second-order valence-corrected chi connectivity index (χ2v) is 6.19. The third kappa shape index (κ3) is 1.58. The molecule has 3 rings (SSSR count). The Morgan fingerprint density at radius 2 is 1.89 bits per heavy atom. The van der Waals surface area contributed by atoms with E-state index in [4.69, 9.17) is 0 Å². The molecule has 1 aromatic rings. The fraction of sp³-hybridized carbons (Fsp3) is 0.467. The van der Waals surface area contributed by atoms with Crippen LogP contribution in [-0.4, -0.2) is 35.0 Å². The van der Waals surface area contributed by atoms with Crippen molar-refractivity contribution in [2.24, 2.45) is 0 Å². The number of nitrogens with zero attached hydrogens (tertiary/aromatic N) is 3. The van der Waals surface area contributed by atoms with Crippen LogP contribution in [0.5, 0.6) is 0 Å². The summed E-state index contributed by atoms with van der Waals surface area (Å²) in [4.78, 5) is 16.6. The molecule has 0 aliphatic carbocycles. The quantitative estimate of drug-likeness (QED) is 0.718. The fourth-order valence-electron chi connectivity index (χ4n) is 3.17. The Morgan fingerprint density at radius 1 is 1.21 bits per heavy atom. The van der Waals surface area contributed by atoms with Gasteiger partial charge in [0.2, 0.25) is 5.91 Å². The van der Waals surface area contributed by atoms with E-state index in [1.54, 1.807) is 11.0 Å². The van der Waals surface area contributed by atoms with E-state index in [0.29, 0.717) is 12.1 Å². The lowest BCUT2D eigenvalue weighted by molar-refractivity contribution is -0.124. The fourth-order valence-corrected chi connectivity index (χ4v) is 3.17. The predicted molar refractivity (Wildman–Crippen MR) is 72.7 cm³/mol. The second kappa shape index (κ2) is 3.58. The first-order chi connectivity index (χ1) is 8.90. The van der Waals surface area contributed by atoms with Gasteiger partial charge >= 0.3 is 0 Å². The lowest BCUT2D eigenvalue weighted by Gasteiger charge is -2.41. The van der Waals surface area contributed by atoms with Gasteiger partial charge < -0.3 is 4.90 Å². The van der Waals surface area contributed by atoms with Crippen LogP contribution in [0.2, 0.25) is 0 Å². The Bertz CT molecular complexity index is 602. The van der Waals surface area contributed by atoms with Gasteiger partial charge in [-0.1, -0.05) is 12.1 Å². The molecule has 0 spiro atoms. The Balaban J connectivity index is 2.06. The molecule has 2 aliphatic rings. The summed E-state index contributed by atoms with van der Waals surface area (Å²) >= 11 is 0. The number of hydrogen-bond donors (Lipinski definition) is 0. The van der Waals surface area contributed by atoms with E-state index in [2.05, 4.69) is 24.8 Å². The van der Waals surface area contributed by atoms with E-state index >= 15 is 0 Å². The summed E-state index contributed by atoms with van der Waals surface area (Å²) in [6.07, 6.45) is 0. The van der Waals surface area contributed by atoms with E-state index in [9.17, 15) is 10.1 Å². The van der Waals surface area contributed by atoms with Crippen molar-refractivity contribution in [3.8, 4) is 6.07 Å². The normalized spacial score (nSPS) is 31.6. The van der Waals surface area contributed by atoms with Crippen molar-refractivity contribution in [1.29, 1.82) is 5.26 Å². The largest absolute Gasteiger partial charge is 0.308 e. The highest BCUT2D eigenvalue weighted by Gasteiger charge is 2.64. The maximum Gasteiger partial charge on any atom is 0.248 e. The zero-order valence-electron chi connectivity index (χ0n) is 11.5. The first-order valence-corrected chi connectivity index (χ1v) is 6.49. The smallest absolute Gasteiger partial charge is 0.248 e. The Hall–Kier alpha value is -1.86. The molecule has 0 radical (unpaired) electrons. The number of carbonyl (C=O) groups excluding carboxylic acids is 1. The third-order valence-electron chi connectivity index (χ3n) is 4.26. The number of carbonyl (C=O) groups is 1. The van der Waals surface area contributed by atoms with Crippen molar-refractivity contribution in [3.05, 3.63) is 29.8 Å². The third-order valence-corrected chi connectivity index (χ3v) is 4.26. The summed E-state index contributed by atoms with van der Waals surface area (Å²) in [5.41, 5.74) is 0.857. The zero-order chi connectivity index (χ0) is 13.8. The number of nitriles is 1. The standard InChI is InChI=1S/C15H17N3O/c1-14(2)9-17(13(19)15(3)10-18(14)15)12-7-5-4-6-11(12)8-16/h4-7H,9-10H2,1-3H3/t15-,18?/m0/s1. The van der Waals surface area contributed by atoms with Crippen molar-refractivity contribution in [2.45, 2.75) is 31.8 Å². The van der Waals surface area contributed by atoms with Gasteiger partial charge in [0.1, 0.15) is 11.6 Å². The SMILES string of the molecule is CC1(C)CN(c2ccccc2C#N)C(=O)[C@]2(C)CN12. The van der Waals surface area contributed by atoms with Crippen LogP contribution in [-0.2, 0) is 4.79 Å². The Kier molecular flexibility index (Phi) is 2.30. The topological polar surface area (TPSA) is 47.1 Å². The lowest BCUT2D eigenvalue weighted by Crippen LogP contribution is -2.58. The molecule has 0 N–H and O–H groups in total. The Morgan fingerprint density at radius 3 is 2.58 bits per heavy atom. The molecule has 0 saturated carbocycles. The Labute approximate surface area is 113 Å². The van der Waals surface area contributed by atoms with Crippen LogP contribution in [0.25, 0.3) is 0 Å². The van der Waals surface area contributed by atoms with Gasteiger partial charge in [-0.3, -0.25) is 9.69 Å². The van der Waals surface area contributed by atoms with Gasteiger partial charge in [-0.25, -0.2) is 0 Å². The number of hydrogen-bond acceptors (Lipinski definition) is 3. The van der Waals surface area contributed by atoms with Crippen molar-refractivity contribution >= 4 is 11.6 Å². The number of amides is 1. The predicted octanol–water partition coefficient (Wildman–Crippen LogP) is 1.76. The van der Waals surface area contributed by atoms with E-state index in [1.165, 1.54) is 0 Å². The molecule has 2 aliphatic heterocycles. The van der Waals surface area contributed by atoms with Gasteiger partial charge in [-0.2, -0.15) is 5.26 Å². The van der Waals surface area contributed by atoms with Crippen LogP contribution in [0.3, 0.4) is 0 Å². The van der Waals surface area contributed by atoms with E-state index in [0.717, 1.165) is 12.2 Å². The monoisotopic (exact) mass is 255 g/mol. The maximum atomic E-state index is 12.6. The molecule has 2 saturated heterocycles. The zero-order valence-corrected chi connectivity index (χ0v) is 11.5. The van der Waals surface area contributed by atoms with Gasteiger partial charge in [-0.15, -0.1) is 0 Å². The molecule has 4 heteroatoms.